The highest BCUT2D eigenvalue weighted by molar-refractivity contribution is 7.99. The molecule has 0 unspecified atom stereocenters. The van der Waals surface area contributed by atoms with Crippen molar-refractivity contribution < 1.29 is 14.3 Å². The zero-order valence-electron chi connectivity index (χ0n) is 15.4. The number of imidazole rings is 1. The molecular weight excluding hydrogens is 398 g/mol. The largest absolute Gasteiger partial charge is 0.455 e. The molecule has 146 valence electrons. The minimum Gasteiger partial charge on any atom is -0.455 e. The van der Waals surface area contributed by atoms with E-state index in [9.17, 15) is 9.59 Å². The van der Waals surface area contributed by atoms with Crippen LogP contribution in [0.25, 0.3) is 11.0 Å². The predicted octanol–water partition coefficient (Wildman–Crippen LogP) is 3.51. The van der Waals surface area contributed by atoms with E-state index >= 15 is 0 Å². The maximum Gasteiger partial charge on any atom is 0.316 e. The number of aromatic nitrogens is 2. The molecule has 3 rings (SSSR count). The van der Waals surface area contributed by atoms with Crippen LogP contribution in [0.5, 0.6) is 0 Å². The van der Waals surface area contributed by atoms with E-state index in [0.29, 0.717) is 23.3 Å². The Morgan fingerprint density at radius 1 is 1.21 bits per heavy atom. The van der Waals surface area contributed by atoms with Gasteiger partial charge in [0.2, 0.25) is 0 Å². The second kappa shape index (κ2) is 9.61. The molecule has 3 aromatic rings. The summed E-state index contributed by atoms with van der Waals surface area (Å²) in [5.41, 5.74) is 2.82. The third-order valence-corrected chi connectivity index (χ3v) is 5.10. The molecule has 0 aliphatic rings. The molecule has 28 heavy (non-hydrogen) atoms. The van der Waals surface area contributed by atoms with Crippen LogP contribution in [-0.4, -0.2) is 40.3 Å². The van der Waals surface area contributed by atoms with Crippen LogP contribution in [0.2, 0.25) is 5.02 Å². The highest BCUT2D eigenvalue weighted by Gasteiger charge is 2.15. The molecule has 0 aliphatic heterocycles. The minimum absolute atomic E-state index is 0.0608. The van der Waals surface area contributed by atoms with Crippen molar-refractivity contribution in [2.24, 2.45) is 0 Å². The van der Waals surface area contributed by atoms with E-state index in [1.54, 1.807) is 13.0 Å². The first-order valence-electron chi connectivity index (χ1n) is 8.81. The number of thioether (sulfide) groups is 1. The summed E-state index contributed by atoms with van der Waals surface area (Å²) in [6.07, 6.45) is 0. The Morgan fingerprint density at radius 3 is 2.75 bits per heavy atom. The van der Waals surface area contributed by atoms with Gasteiger partial charge in [-0.25, -0.2) is 4.98 Å². The Kier molecular flexibility index (Phi) is 6.95. The number of carbonyl (C=O) groups excluding carboxylic acids is 2. The SMILES string of the molecule is CCNC(=O)COC(=O)CSc1nc2cc(Cl)ccc2n1Cc1ccccc1. The van der Waals surface area contributed by atoms with Crippen molar-refractivity contribution in [2.75, 3.05) is 18.9 Å². The van der Waals surface area contributed by atoms with Crippen molar-refractivity contribution in [2.45, 2.75) is 18.6 Å². The number of rotatable bonds is 8. The van der Waals surface area contributed by atoms with Crippen LogP contribution in [0.15, 0.2) is 53.7 Å². The Morgan fingerprint density at radius 2 is 2.00 bits per heavy atom. The lowest BCUT2D eigenvalue weighted by atomic mass is 10.2. The van der Waals surface area contributed by atoms with Crippen molar-refractivity contribution in [1.82, 2.24) is 14.9 Å². The fourth-order valence-electron chi connectivity index (χ4n) is 2.67. The standard InChI is InChI=1S/C20H20ClN3O3S/c1-2-22-18(25)12-27-19(26)13-28-20-23-16-10-15(21)8-9-17(16)24(20)11-14-6-4-3-5-7-14/h3-10H,2,11-13H2,1H3,(H,22,25). The number of amides is 1. The number of nitrogens with zero attached hydrogens (tertiary/aromatic N) is 2. The molecule has 0 bridgehead atoms. The summed E-state index contributed by atoms with van der Waals surface area (Å²) in [6.45, 7) is 2.65. The van der Waals surface area contributed by atoms with Crippen LogP contribution < -0.4 is 5.32 Å². The summed E-state index contributed by atoms with van der Waals surface area (Å²) in [5.74, 6) is -0.718. The number of esters is 1. The lowest BCUT2D eigenvalue weighted by Crippen LogP contribution is -2.28. The lowest BCUT2D eigenvalue weighted by Gasteiger charge is -2.09. The highest BCUT2D eigenvalue weighted by atomic mass is 35.5. The molecule has 1 N–H and O–H groups in total. The topological polar surface area (TPSA) is 73.2 Å². The van der Waals surface area contributed by atoms with E-state index < -0.39 is 5.97 Å². The number of ether oxygens (including phenoxy) is 1. The van der Waals surface area contributed by atoms with Gasteiger partial charge in [-0.05, 0) is 30.7 Å². The fourth-order valence-corrected chi connectivity index (χ4v) is 3.65. The van der Waals surface area contributed by atoms with Crippen LogP contribution in [0.3, 0.4) is 0 Å². The number of fused-ring (bicyclic) bond motifs is 1. The maximum atomic E-state index is 12.0. The van der Waals surface area contributed by atoms with Crippen LogP contribution >= 0.6 is 23.4 Å². The summed E-state index contributed by atoms with van der Waals surface area (Å²) in [5, 5.41) is 3.88. The Hall–Kier alpha value is -2.51. The minimum atomic E-state index is -0.465. The Balaban J connectivity index is 1.75. The third kappa shape index (κ3) is 5.27. The summed E-state index contributed by atoms with van der Waals surface area (Å²) in [7, 11) is 0. The van der Waals surface area contributed by atoms with Gasteiger partial charge < -0.3 is 14.6 Å². The summed E-state index contributed by atoms with van der Waals surface area (Å²) in [4.78, 5) is 28.0. The number of nitrogens with one attached hydrogen (secondary N) is 1. The first kappa shape index (κ1) is 20.2. The number of benzene rings is 2. The molecule has 0 saturated carbocycles. The van der Waals surface area contributed by atoms with E-state index in [4.69, 9.17) is 16.3 Å². The molecule has 0 aliphatic carbocycles. The molecule has 0 fully saturated rings. The van der Waals surface area contributed by atoms with Gasteiger partial charge in [0.25, 0.3) is 5.91 Å². The van der Waals surface area contributed by atoms with Crippen LogP contribution in [0.1, 0.15) is 12.5 Å². The van der Waals surface area contributed by atoms with E-state index in [2.05, 4.69) is 10.3 Å². The summed E-state index contributed by atoms with van der Waals surface area (Å²) in [6, 6.07) is 15.6. The van der Waals surface area contributed by atoms with Gasteiger partial charge in [0, 0.05) is 11.6 Å². The van der Waals surface area contributed by atoms with Gasteiger partial charge in [-0.3, -0.25) is 9.59 Å². The Labute approximate surface area is 172 Å². The van der Waals surface area contributed by atoms with E-state index in [1.807, 2.05) is 47.0 Å². The molecule has 8 heteroatoms. The molecule has 0 atom stereocenters. The van der Waals surface area contributed by atoms with Crippen molar-refractivity contribution in [3.05, 3.63) is 59.1 Å². The van der Waals surface area contributed by atoms with Gasteiger partial charge in [-0.2, -0.15) is 0 Å². The second-order valence-electron chi connectivity index (χ2n) is 6.00. The van der Waals surface area contributed by atoms with Crippen LogP contribution in [0, 0.1) is 0 Å². The van der Waals surface area contributed by atoms with Crippen molar-refractivity contribution in [1.29, 1.82) is 0 Å². The van der Waals surface area contributed by atoms with Gasteiger partial charge in [0.05, 0.1) is 23.3 Å². The number of likely N-dealkylation sites (N-methyl/N-ethyl adjacent to an activating group) is 1. The van der Waals surface area contributed by atoms with Gasteiger partial charge in [-0.1, -0.05) is 53.7 Å². The molecule has 6 nitrogen and oxygen atoms in total. The first-order valence-corrected chi connectivity index (χ1v) is 10.2. The smallest absolute Gasteiger partial charge is 0.316 e. The fraction of sp³-hybridized carbons (Fsp3) is 0.250. The zero-order chi connectivity index (χ0) is 19.9. The number of halogens is 1. The van der Waals surface area contributed by atoms with Gasteiger partial charge in [0.1, 0.15) is 0 Å². The number of hydrogen-bond donors (Lipinski definition) is 1. The Bertz CT molecular complexity index is 975. The average molecular weight is 418 g/mol. The van der Waals surface area contributed by atoms with Crippen molar-refractivity contribution >= 4 is 46.3 Å². The van der Waals surface area contributed by atoms with E-state index in [-0.39, 0.29) is 18.3 Å². The van der Waals surface area contributed by atoms with Gasteiger partial charge in [-0.15, -0.1) is 0 Å². The lowest BCUT2D eigenvalue weighted by molar-refractivity contribution is -0.145. The monoisotopic (exact) mass is 417 g/mol. The predicted molar refractivity (Wildman–Crippen MR) is 111 cm³/mol. The van der Waals surface area contributed by atoms with Gasteiger partial charge >= 0.3 is 5.97 Å². The molecule has 0 spiro atoms. The number of hydrogen-bond acceptors (Lipinski definition) is 5. The maximum absolute atomic E-state index is 12.0. The van der Waals surface area contributed by atoms with E-state index in [1.165, 1.54) is 11.8 Å². The van der Waals surface area contributed by atoms with E-state index in [0.717, 1.165) is 16.6 Å². The zero-order valence-corrected chi connectivity index (χ0v) is 16.9. The van der Waals surface area contributed by atoms with Crippen LogP contribution in [-0.2, 0) is 20.9 Å². The summed E-state index contributed by atoms with van der Waals surface area (Å²) >= 11 is 7.37. The quantitative estimate of drug-likeness (QED) is 0.448. The first-order chi connectivity index (χ1) is 13.6. The second-order valence-corrected chi connectivity index (χ2v) is 7.38. The van der Waals surface area contributed by atoms with Gasteiger partial charge in [0.15, 0.2) is 11.8 Å². The molecular formula is C20H20ClN3O3S. The molecule has 1 aromatic heterocycles. The third-order valence-electron chi connectivity index (χ3n) is 3.92. The average Bonchev–Trinajstić information content (AvgIpc) is 3.02. The molecule has 1 heterocycles. The molecule has 0 radical (unpaired) electrons. The van der Waals surface area contributed by atoms with Crippen molar-refractivity contribution in [3.63, 3.8) is 0 Å². The normalized spacial score (nSPS) is 10.8. The molecule has 2 aromatic carbocycles. The van der Waals surface area contributed by atoms with Crippen LogP contribution in [0.4, 0.5) is 0 Å². The number of carbonyl (C=O) groups is 2. The summed E-state index contributed by atoms with van der Waals surface area (Å²) < 4.78 is 7.04. The highest BCUT2D eigenvalue weighted by Crippen LogP contribution is 2.27. The van der Waals surface area contributed by atoms with Crippen molar-refractivity contribution in [3.8, 4) is 0 Å². The molecule has 1 amide bonds. The molecule has 0 saturated heterocycles.